The molecular weight excluding hydrogens is 500 g/mol. The number of aromatic nitrogens is 1. The Morgan fingerprint density at radius 3 is 2.24 bits per heavy atom. The van der Waals surface area contributed by atoms with Crippen LogP contribution in [0.4, 0.5) is 5.69 Å². The van der Waals surface area contributed by atoms with Crippen molar-refractivity contribution < 1.29 is 14.1 Å². The highest BCUT2D eigenvalue weighted by Crippen LogP contribution is 2.27. The first-order valence-electron chi connectivity index (χ1n) is 13.9. The molecule has 200 valence electrons. The van der Waals surface area contributed by atoms with Gasteiger partial charge in [0.2, 0.25) is 5.51 Å². The Bertz CT molecular complexity index is 1060. The topological polar surface area (TPSA) is 42.2 Å². The maximum atomic E-state index is 12.9. The van der Waals surface area contributed by atoms with Gasteiger partial charge in [-0.25, -0.2) is 0 Å². The third kappa shape index (κ3) is 10.9. The summed E-state index contributed by atoms with van der Waals surface area (Å²) in [6.45, 7) is 3.62. The van der Waals surface area contributed by atoms with Crippen LogP contribution in [0, 0.1) is 0 Å². The monoisotopic (exact) mass is 541 g/mol. The fourth-order valence-corrected chi connectivity index (χ4v) is 5.24. The lowest BCUT2D eigenvalue weighted by Crippen LogP contribution is -2.31. The number of hydrogen-bond donors (Lipinski definition) is 1. The molecule has 0 spiro atoms. The van der Waals surface area contributed by atoms with Crippen molar-refractivity contribution in [3.63, 3.8) is 0 Å². The van der Waals surface area contributed by atoms with Gasteiger partial charge in [-0.2, -0.15) is 4.57 Å². The fraction of sp³-hybridized carbons (Fsp3) is 0.484. The average Bonchev–Trinajstić information content (AvgIpc) is 3.42. The van der Waals surface area contributed by atoms with Gasteiger partial charge in [0.15, 0.2) is 12.7 Å². The van der Waals surface area contributed by atoms with Crippen molar-refractivity contribution in [3.05, 3.63) is 75.7 Å². The van der Waals surface area contributed by atoms with Crippen LogP contribution in [0.1, 0.15) is 99.9 Å². The Labute approximate surface area is 232 Å². The van der Waals surface area contributed by atoms with E-state index in [4.69, 9.17) is 16.3 Å². The van der Waals surface area contributed by atoms with Gasteiger partial charge in [-0.3, -0.25) is 4.79 Å². The Balaban J connectivity index is 1.34. The maximum Gasteiger partial charge on any atom is 0.255 e. The number of para-hydroxylation sites is 1. The molecule has 0 unspecified atom stereocenters. The van der Waals surface area contributed by atoms with Crippen LogP contribution in [0.2, 0.25) is 5.02 Å². The number of amides is 1. The van der Waals surface area contributed by atoms with Crippen molar-refractivity contribution in [1.29, 1.82) is 0 Å². The number of benzene rings is 2. The van der Waals surface area contributed by atoms with Crippen molar-refractivity contribution in [2.24, 2.45) is 0 Å². The van der Waals surface area contributed by atoms with Crippen molar-refractivity contribution >= 4 is 34.5 Å². The largest absolute Gasteiger partial charge is 0.492 e. The molecule has 37 heavy (non-hydrogen) atoms. The zero-order valence-electron chi connectivity index (χ0n) is 22.2. The molecule has 0 saturated carbocycles. The minimum atomic E-state index is -0.183. The Hall–Kier alpha value is -2.37. The molecule has 1 heterocycles. The van der Waals surface area contributed by atoms with Crippen LogP contribution in [0.15, 0.2) is 59.6 Å². The normalized spacial score (nSPS) is 11.0. The highest BCUT2D eigenvalue weighted by molar-refractivity contribution is 7.07. The minimum absolute atomic E-state index is 0.183. The summed E-state index contributed by atoms with van der Waals surface area (Å²) in [5.41, 5.74) is 4.41. The summed E-state index contributed by atoms with van der Waals surface area (Å²) in [5.74, 6) is 0.452. The van der Waals surface area contributed by atoms with Crippen molar-refractivity contribution in [2.45, 2.75) is 90.5 Å². The molecule has 2 aromatic carbocycles. The molecule has 1 N–H and O–H groups in total. The number of rotatable bonds is 18. The lowest BCUT2D eigenvalue weighted by atomic mass is 10.1. The highest BCUT2D eigenvalue weighted by Gasteiger charge is 2.14. The summed E-state index contributed by atoms with van der Waals surface area (Å²) in [5, 5.41) is 5.53. The zero-order valence-corrected chi connectivity index (χ0v) is 23.8. The summed E-state index contributed by atoms with van der Waals surface area (Å²) in [6.07, 6.45) is 17.8. The number of hydrogen-bond acceptors (Lipinski definition) is 3. The predicted octanol–water partition coefficient (Wildman–Crippen LogP) is 9.07. The standard InChI is InChI=1S/C31H41ClN2O2S/c1-2-3-4-5-6-7-8-9-10-11-12-15-21-36-30-19-18-26(23-28(30)32)31(35)33-29-17-14-13-16-27(29)24-34-20-22-37-25-34/h13-14,16-20,22-23,25H,2-12,15,21,24H2,1H3/p+1. The molecule has 0 bridgehead atoms. The fourth-order valence-electron chi connectivity index (χ4n) is 4.41. The molecule has 3 aromatic rings. The van der Waals surface area contributed by atoms with E-state index in [9.17, 15) is 4.79 Å². The summed E-state index contributed by atoms with van der Waals surface area (Å²) in [4.78, 5) is 12.9. The number of carbonyl (C=O) groups excluding carboxylic acids is 1. The lowest BCUT2D eigenvalue weighted by Gasteiger charge is -2.11. The summed E-state index contributed by atoms with van der Waals surface area (Å²) in [6, 6.07) is 13.1. The lowest BCUT2D eigenvalue weighted by molar-refractivity contribution is -0.683. The minimum Gasteiger partial charge on any atom is -0.492 e. The van der Waals surface area contributed by atoms with Crippen LogP contribution >= 0.6 is 22.9 Å². The number of anilines is 1. The smallest absolute Gasteiger partial charge is 0.255 e. The number of thiazole rings is 1. The zero-order chi connectivity index (χ0) is 26.1. The number of unbranched alkanes of at least 4 members (excludes halogenated alkanes) is 11. The molecule has 0 aliphatic heterocycles. The van der Waals surface area contributed by atoms with Crippen LogP contribution in [0.3, 0.4) is 0 Å². The quantitative estimate of drug-likeness (QED) is 0.129. The second-order valence-electron chi connectivity index (χ2n) is 9.69. The van der Waals surface area contributed by atoms with E-state index >= 15 is 0 Å². The second kappa shape index (κ2) is 17.2. The molecule has 0 atom stereocenters. The van der Waals surface area contributed by atoms with E-state index in [1.807, 2.05) is 41.4 Å². The SMILES string of the molecule is CCCCCCCCCCCCCCOc1ccc(C(=O)Nc2ccccc2C[n+]2ccsc2)cc1Cl. The molecule has 6 heteroatoms. The molecular formula is C31H42ClN2O2S+. The molecule has 0 fully saturated rings. The third-order valence-electron chi connectivity index (χ3n) is 6.60. The van der Waals surface area contributed by atoms with Gasteiger partial charge in [-0.05, 0) is 30.7 Å². The van der Waals surface area contributed by atoms with E-state index < -0.39 is 0 Å². The molecule has 3 rings (SSSR count). The van der Waals surface area contributed by atoms with E-state index in [0.717, 1.165) is 17.7 Å². The van der Waals surface area contributed by atoms with Gasteiger partial charge in [0.1, 0.15) is 5.75 Å². The summed E-state index contributed by atoms with van der Waals surface area (Å²) < 4.78 is 7.99. The Kier molecular flexibility index (Phi) is 13.6. The van der Waals surface area contributed by atoms with E-state index in [0.29, 0.717) is 29.5 Å². The van der Waals surface area contributed by atoms with Gasteiger partial charge in [-0.1, -0.05) is 119 Å². The van der Waals surface area contributed by atoms with Gasteiger partial charge in [0.05, 0.1) is 22.7 Å². The van der Waals surface area contributed by atoms with Gasteiger partial charge >= 0.3 is 0 Å². The van der Waals surface area contributed by atoms with Crippen LogP contribution in [0.25, 0.3) is 0 Å². The Morgan fingerprint density at radius 2 is 1.59 bits per heavy atom. The molecule has 4 nitrogen and oxygen atoms in total. The van der Waals surface area contributed by atoms with E-state index in [2.05, 4.69) is 16.8 Å². The van der Waals surface area contributed by atoms with Crippen molar-refractivity contribution in [2.75, 3.05) is 11.9 Å². The number of ether oxygens (including phenoxy) is 1. The van der Waals surface area contributed by atoms with E-state index in [1.54, 1.807) is 29.5 Å². The molecule has 1 aromatic heterocycles. The van der Waals surface area contributed by atoms with Crippen LogP contribution < -0.4 is 14.6 Å². The average molecular weight is 542 g/mol. The summed E-state index contributed by atoms with van der Waals surface area (Å²) >= 11 is 8.09. The van der Waals surface area contributed by atoms with Crippen molar-refractivity contribution in [3.8, 4) is 5.75 Å². The van der Waals surface area contributed by atoms with Crippen LogP contribution in [0.5, 0.6) is 5.75 Å². The van der Waals surface area contributed by atoms with Crippen molar-refractivity contribution in [1.82, 2.24) is 0 Å². The number of carbonyl (C=O) groups is 1. The van der Waals surface area contributed by atoms with Gasteiger partial charge < -0.3 is 10.1 Å². The van der Waals surface area contributed by atoms with Gasteiger partial charge in [-0.15, -0.1) is 0 Å². The second-order valence-corrected chi connectivity index (χ2v) is 10.9. The molecule has 0 aliphatic carbocycles. The third-order valence-corrected chi connectivity index (χ3v) is 7.56. The Morgan fingerprint density at radius 1 is 0.919 bits per heavy atom. The van der Waals surface area contributed by atoms with E-state index in [1.165, 1.54) is 70.6 Å². The first kappa shape index (κ1) is 29.2. The molecule has 0 radical (unpaired) electrons. The van der Waals surface area contributed by atoms with Crippen LogP contribution in [-0.4, -0.2) is 12.5 Å². The maximum absolute atomic E-state index is 12.9. The highest BCUT2D eigenvalue weighted by atomic mass is 35.5. The first-order chi connectivity index (χ1) is 18.2. The van der Waals surface area contributed by atoms with Gasteiger partial charge in [0.25, 0.3) is 5.91 Å². The molecule has 0 saturated heterocycles. The van der Waals surface area contributed by atoms with E-state index in [-0.39, 0.29) is 5.91 Å². The summed E-state index contributed by atoms with van der Waals surface area (Å²) in [7, 11) is 0. The number of halogens is 1. The van der Waals surface area contributed by atoms with Gasteiger partial charge in [0, 0.05) is 11.1 Å². The van der Waals surface area contributed by atoms with Crippen LogP contribution in [-0.2, 0) is 6.54 Å². The number of nitrogens with zero attached hydrogens (tertiary/aromatic N) is 1. The first-order valence-corrected chi connectivity index (χ1v) is 15.2. The number of nitrogens with one attached hydrogen (secondary N) is 1. The molecule has 1 amide bonds. The predicted molar refractivity (Wildman–Crippen MR) is 156 cm³/mol. The molecule has 0 aliphatic rings.